The Balaban J connectivity index is 1.35. The molecule has 1 aliphatic carbocycles. The highest BCUT2D eigenvalue weighted by Crippen LogP contribution is 2.26. The summed E-state index contributed by atoms with van der Waals surface area (Å²) in [6.45, 7) is 4.57. The lowest BCUT2D eigenvalue weighted by atomic mass is 10.1. The highest BCUT2D eigenvalue weighted by molar-refractivity contribution is 5.94. The van der Waals surface area contributed by atoms with Gasteiger partial charge in [0.25, 0.3) is 5.91 Å². The molecule has 5 nitrogen and oxygen atoms in total. The number of piperazine rings is 1. The fourth-order valence-electron chi connectivity index (χ4n) is 3.65. The van der Waals surface area contributed by atoms with Gasteiger partial charge in [0.1, 0.15) is 5.82 Å². The van der Waals surface area contributed by atoms with E-state index in [4.69, 9.17) is 0 Å². The SMILES string of the molecule is O=C(NCCN1CCN(C(=O)C2CCCC2)CC1)c1ccc(F)cc1. The van der Waals surface area contributed by atoms with Crippen molar-refractivity contribution >= 4 is 11.8 Å². The van der Waals surface area contributed by atoms with Gasteiger partial charge in [-0.1, -0.05) is 12.8 Å². The molecule has 0 radical (unpaired) electrons. The average molecular weight is 347 g/mol. The van der Waals surface area contributed by atoms with Crippen LogP contribution in [-0.2, 0) is 4.79 Å². The second-order valence-corrected chi connectivity index (χ2v) is 6.91. The van der Waals surface area contributed by atoms with Crippen LogP contribution in [0.25, 0.3) is 0 Å². The summed E-state index contributed by atoms with van der Waals surface area (Å²) >= 11 is 0. The smallest absolute Gasteiger partial charge is 0.251 e. The molecular formula is C19H26FN3O2. The van der Waals surface area contributed by atoms with E-state index in [0.29, 0.717) is 18.0 Å². The number of hydrogen-bond acceptors (Lipinski definition) is 3. The zero-order valence-corrected chi connectivity index (χ0v) is 14.5. The molecule has 1 aromatic carbocycles. The van der Waals surface area contributed by atoms with Gasteiger partial charge in [-0.05, 0) is 37.1 Å². The summed E-state index contributed by atoms with van der Waals surface area (Å²) in [5.74, 6) is 0.0555. The summed E-state index contributed by atoms with van der Waals surface area (Å²) in [4.78, 5) is 28.7. The summed E-state index contributed by atoms with van der Waals surface area (Å²) in [6, 6.07) is 5.54. The van der Waals surface area contributed by atoms with E-state index in [-0.39, 0.29) is 17.6 Å². The van der Waals surface area contributed by atoms with Crippen molar-refractivity contribution in [2.75, 3.05) is 39.3 Å². The number of carbonyl (C=O) groups is 2. The molecule has 0 unspecified atom stereocenters. The fraction of sp³-hybridized carbons (Fsp3) is 0.579. The number of amides is 2. The van der Waals surface area contributed by atoms with Gasteiger partial charge in [-0.15, -0.1) is 0 Å². The molecular weight excluding hydrogens is 321 g/mol. The Bertz CT molecular complexity index is 591. The predicted molar refractivity (Wildman–Crippen MR) is 93.7 cm³/mol. The molecule has 0 spiro atoms. The Hall–Kier alpha value is -1.95. The molecule has 1 aliphatic heterocycles. The molecule has 1 saturated heterocycles. The maximum atomic E-state index is 12.9. The minimum absolute atomic E-state index is 0.185. The van der Waals surface area contributed by atoms with Crippen molar-refractivity contribution in [3.05, 3.63) is 35.6 Å². The summed E-state index contributed by atoms with van der Waals surface area (Å²) in [5, 5.41) is 2.86. The third-order valence-corrected chi connectivity index (χ3v) is 5.21. The topological polar surface area (TPSA) is 52.7 Å². The normalized spacial score (nSPS) is 19.2. The van der Waals surface area contributed by atoms with Crippen molar-refractivity contribution in [1.82, 2.24) is 15.1 Å². The minimum Gasteiger partial charge on any atom is -0.351 e. The fourth-order valence-corrected chi connectivity index (χ4v) is 3.65. The van der Waals surface area contributed by atoms with Crippen LogP contribution < -0.4 is 5.32 Å². The van der Waals surface area contributed by atoms with Crippen molar-refractivity contribution in [3.63, 3.8) is 0 Å². The van der Waals surface area contributed by atoms with E-state index in [1.165, 1.54) is 37.1 Å². The van der Waals surface area contributed by atoms with Crippen LogP contribution in [0.4, 0.5) is 4.39 Å². The molecule has 2 aliphatic rings. The molecule has 25 heavy (non-hydrogen) atoms. The molecule has 6 heteroatoms. The van der Waals surface area contributed by atoms with Crippen molar-refractivity contribution < 1.29 is 14.0 Å². The number of halogens is 1. The van der Waals surface area contributed by atoms with Crippen LogP contribution in [0.2, 0.25) is 0 Å². The van der Waals surface area contributed by atoms with Gasteiger partial charge < -0.3 is 10.2 Å². The second-order valence-electron chi connectivity index (χ2n) is 6.91. The minimum atomic E-state index is -0.346. The lowest BCUT2D eigenvalue weighted by molar-refractivity contribution is -0.137. The van der Waals surface area contributed by atoms with Gasteiger partial charge in [-0.2, -0.15) is 0 Å². The summed E-state index contributed by atoms with van der Waals surface area (Å²) in [6.07, 6.45) is 4.47. The van der Waals surface area contributed by atoms with E-state index in [2.05, 4.69) is 10.2 Å². The molecule has 0 atom stereocenters. The Labute approximate surface area is 148 Å². The molecule has 2 amide bonds. The van der Waals surface area contributed by atoms with Crippen LogP contribution in [0.5, 0.6) is 0 Å². The zero-order valence-electron chi connectivity index (χ0n) is 14.5. The highest BCUT2D eigenvalue weighted by atomic mass is 19.1. The van der Waals surface area contributed by atoms with E-state index < -0.39 is 0 Å². The first kappa shape index (κ1) is 17.9. The van der Waals surface area contributed by atoms with Crippen LogP contribution in [0.1, 0.15) is 36.0 Å². The summed E-state index contributed by atoms with van der Waals surface area (Å²) < 4.78 is 12.9. The van der Waals surface area contributed by atoms with Crippen molar-refractivity contribution in [2.24, 2.45) is 5.92 Å². The van der Waals surface area contributed by atoms with Crippen molar-refractivity contribution in [1.29, 1.82) is 0 Å². The summed E-state index contributed by atoms with van der Waals surface area (Å²) in [5.41, 5.74) is 0.466. The van der Waals surface area contributed by atoms with E-state index >= 15 is 0 Å². The van der Waals surface area contributed by atoms with Crippen LogP contribution in [0, 0.1) is 11.7 Å². The van der Waals surface area contributed by atoms with Crippen molar-refractivity contribution in [2.45, 2.75) is 25.7 Å². The number of nitrogens with zero attached hydrogens (tertiary/aromatic N) is 2. The lowest BCUT2D eigenvalue weighted by Gasteiger charge is -2.36. The van der Waals surface area contributed by atoms with Gasteiger partial charge in [0, 0.05) is 50.7 Å². The maximum absolute atomic E-state index is 12.9. The second kappa shape index (κ2) is 8.43. The monoisotopic (exact) mass is 347 g/mol. The molecule has 2 fully saturated rings. The van der Waals surface area contributed by atoms with E-state index in [1.807, 2.05) is 4.90 Å². The van der Waals surface area contributed by atoms with Gasteiger partial charge in [0.15, 0.2) is 0 Å². The maximum Gasteiger partial charge on any atom is 0.251 e. The first-order chi connectivity index (χ1) is 12.1. The van der Waals surface area contributed by atoms with Gasteiger partial charge in [0.2, 0.25) is 5.91 Å². The third-order valence-electron chi connectivity index (χ3n) is 5.21. The number of benzene rings is 1. The molecule has 1 saturated carbocycles. The highest BCUT2D eigenvalue weighted by Gasteiger charge is 2.29. The number of rotatable bonds is 5. The molecule has 1 aromatic rings. The van der Waals surface area contributed by atoms with E-state index in [0.717, 1.165) is 45.6 Å². The molecule has 0 aromatic heterocycles. The standard InChI is InChI=1S/C19H26FN3O2/c20-17-7-5-15(6-8-17)18(24)21-9-10-22-11-13-23(14-12-22)19(25)16-3-1-2-4-16/h5-8,16H,1-4,9-14H2,(H,21,24). The van der Waals surface area contributed by atoms with Crippen LogP contribution in [-0.4, -0.2) is 60.9 Å². The Kier molecular flexibility index (Phi) is 6.02. The first-order valence-corrected chi connectivity index (χ1v) is 9.18. The Morgan fingerprint density at radius 3 is 2.32 bits per heavy atom. The zero-order chi connectivity index (χ0) is 17.6. The first-order valence-electron chi connectivity index (χ1n) is 9.18. The molecule has 1 heterocycles. The van der Waals surface area contributed by atoms with Crippen LogP contribution in [0.15, 0.2) is 24.3 Å². The van der Waals surface area contributed by atoms with E-state index in [9.17, 15) is 14.0 Å². The largest absolute Gasteiger partial charge is 0.351 e. The molecule has 136 valence electrons. The quantitative estimate of drug-likeness (QED) is 0.885. The Morgan fingerprint density at radius 1 is 1.04 bits per heavy atom. The van der Waals surface area contributed by atoms with Gasteiger partial charge in [0.05, 0.1) is 0 Å². The van der Waals surface area contributed by atoms with Gasteiger partial charge >= 0.3 is 0 Å². The molecule has 0 bridgehead atoms. The third kappa shape index (κ3) is 4.78. The Morgan fingerprint density at radius 2 is 1.68 bits per heavy atom. The number of carbonyl (C=O) groups excluding carboxylic acids is 2. The molecule has 3 rings (SSSR count). The summed E-state index contributed by atoms with van der Waals surface area (Å²) in [7, 11) is 0. The van der Waals surface area contributed by atoms with Gasteiger partial charge in [-0.3, -0.25) is 14.5 Å². The van der Waals surface area contributed by atoms with Crippen molar-refractivity contribution in [3.8, 4) is 0 Å². The lowest BCUT2D eigenvalue weighted by Crippen LogP contribution is -2.51. The van der Waals surface area contributed by atoms with Crippen LogP contribution in [0.3, 0.4) is 0 Å². The van der Waals surface area contributed by atoms with Crippen LogP contribution >= 0.6 is 0 Å². The number of hydrogen-bond donors (Lipinski definition) is 1. The molecule has 1 N–H and O–H groups in total. The number of nitrogens with one attached hydrogen (secondary N) is 1. The van der Waals surface area contributed by atoms with Gasteiger partial charge in [-0.25, -0.2) is 4.39 Å². The average Bonchev–Trinajstić information content (AvgIpc) is 3.17. The predicted octanol–water partition coefficient (Wildman–Crippen LogP) is 1.89. The van der Waals surface area contributed by atoms with E-state index in [1.54, 1.807) is 0 Å².